The predicted molar refractivity (Wildman–Crippen MR) is 112 cm³/mol. The van der Waals surface area contributed by atoms with Gasteiger partial charge in [-0.05, 0) is 74.6 Å². The van der Waals surface area contributed by atoms with Crippen LogP contribution in [0.4, 0.5) is 4.39 Å². The number of hydrogen-bond donors (Lipinski definition) is 2. The van der Waals surface area contributed by atoms with Gasteiger partial charge in [0.05, 0.1) is 16.0 Å². The summed E-state index contributed by atoms with van der Waals surface area (Å²) >= 11 is 5.74. The molecule has 5 nitrogen and oxygen atoms in total. The van der Waals surface area contributed by atoms with Crippen LogP contribution in [-0.4, -0.2) is 26.7 Å². The molecule has 7 heteroatoms. The molecular weight excluding hydrogens is 409 g/mol. The van der Waals surface area contributed by atoms with Gasteiger partial charge in [0.25, 0.3) is 5.91 Å². The molecule has 1 fully saturated rings. The van der Waals surface area contributed by atoms with Crippen LogP contribution in [0.5, 0.6) is 5.75 Å². The Morgan fingerprint density at radius 3 is 2.47 bits per heavy atom. The van der Waals surface area contributed by atoms with Crippen molar-refractivity contribution in [1.29, 1.82) is 0 Å². The van der Waals surface area contributed by atoms with Gasteiger partial charge in [0.1, 0.15) is 11.6 Å². The Kier molecular flexibility index (Phi) is 4.85. The normalized spacial score (nSPS) is 16.3. The molecule has 1 aromatic heterocycles. The summed E-state index contributed by atoms with van der Waals surface area (Å²) in [5.41, 5.74) is 0.316. The molecule has 2 aromatic carbocycles. The van der Waals surface area contributed by atoms with Crippen LogP contribution in [0.3, 0.4) is 0 Å². The van der Waals surface area contributed by atoms with Gasteiger partial charge in [-0.25, -0.2) is 4.39 Å². The molecule has 1 atom stereocenters. The number of benzene rings is 2. The third-order valence-corrected chi connectivity index (χ3v) is 6.75. The summed E-state index contributed by atoms with van der Waals surface area (Å²) in [5.74, 6) is -2.27. The Bertz CT molecular complexity index is 1200. The number of hydrogen-bond acceptors (Lipinski definition) is 3. The SMILES string of the molecule is Cc1c([C@](C)(C(=O)O)C2CCC2)c2cc(O)ccc2n1C(=O)c1ccc(Cl)c(F)c1. The quantitative estimate of drug-likeness (QED) is 0.591. The van der Waals surface area contributed by atoms with Crippen molar-refractivity contribution in [3.8, 4) is 5.75 Å². The molecule has 0 saturated heterocycles. The second kappa shape index (κ2) is 7.13. The van der Waals surface area contributed by atoms with Crippen LogP contribution in [0, 0.1) is 18.7 Å². The van der Waals surface area contributed by atoms with Crippen molar-refractivity contribution in [3.63, 3.8) is 0 Å². The monoisotopic (exact) mass is 429 g/mol. The summed E-state index contributed by atoms with van der Waals surface area (Å²) in [6.07, 6.45) is 2.52. The van der Waals surface area contributed by atoms with E-state index in [0.717, 1.165) is 25.3 Å². The molecule has 30 heavy (non-hydrogen) atoms. The molecule has 1 saturated carbocycles. The van der Waals surface area contributed by atoms with E-state index in [-0.39, 0.29) is 22.3 Å². The second-order valence-electron chi connectivity index (χ2n) is 8.07. The average Bonchev–Trinajstić information content (AvgIpc) is 2.93. The molecule has 2 N–H and O–H groups in total. The number of aromatic hydroxyl groups is 1. The standard InChI is InChI=1S/C23H21ClFNO4/c1-12-20(23(2,22(29)30)14-4-3-5-14)16-11-15(27)7-9-19(16)26(12)21(28)13-6-8-17(24)18(25)10-13/h6-11,14,27H,3-5H2,1-2H3,(H,29,30)/t23-/m1/s1. The molecule has 156 valence electrons. The molecule has 0 aliphatic heterocycles. The number of carboxylic acid groups (broad SMARTS) is 1. The van der Waals surface area contributed by atoms with E-state index < -0.39 is 23.1 Å². The number of halogens is 2. The molecule has 1 heterocycles. The lowest BCUT2D eigenvalue weighted by atomic mass is 9.62. The van der Waals surface area contributed by atoms with Crippen molar-refractivity contribution in [2.24, 2.45) is 5.92 Å². The van der Waals surface area contributed by atoms with E-state index in [1.54, 1.807) is 19.9 Å². The van der Waals surface area contributed by atoms with Gasteiger partial charge in [0.15, 0.2) is 0 Å². The summed E-state index contributed by atoms with van der Waals surface area (Å²) in [7, 11) is 0. The number of phenols is 1. The number of aliphatic carboxylic acids is 1. The number of carbonyl (C=O) groups excluding carboxylic acids is 1. The third kappa shape index (κ3) is 2.89. The van der Waals surface area contributed by atoms with E-state index >= 15 is 0 Å². The van der Waals surface area contributed by atoms with E-state index in [9.17, 15) is 24.2 Å². The van der Waals surface area contributed by atoms with E-state index in [1.807, 2.05) is 0 Å². The highest BCUT2D eigenvalue weighted by Gasteiger charge is 2.48. The van der Waals surface area contributed by atoms with Crippen molar-refractivity contribution in [3.05, 3.63) is 64.1 Å². The predicted octanol–water partition coefficient (Wildman–Crippen LogP) is 5.28. The Balaban J connectivity index is 2.00. The van der Waals surface area contributed by atoms with Crippen molar-refractivity contribution in [2.45, 2.75) is 38.5 Å². The van der Waals surface area contributed by atoms with Gasteiger partial charge in [0, 0.05) is 16.6 Å². The zero-order chi connectivity index (χ0) is 21.8. The fraction of sp³-hybridized carbons (Fsp3) is 0.304. The largest absolute Gasteiger partial charge is 0.508 e. The van der Waals surface area contributed by atoms with Crippen LogP contribution < -0.4 is 0 Å². The first-order valence-corrected chi connectivity index (χ1v) is 10.1. The first kappa shape index (κ1) is 20.4. The van der Waals surface area contributed by atoms with Gasteiger partial charge >= 0.3 is 5.97 Å². The summed E-state index contributed by atoms with van der Waals surface area (Å²) < 4.78 is 15.4. The first-order chi connectivity index (χ1) is 14.2. The lowest BCUT2D eigenvalue weighted by Gasteiger charge is -2.40. The summed E-state index contributed by atoms with van der Waals surface area (Å²) in [6, 6.07) is 8.32. The second-order valence-corrected chi connectivity index (χ2v) is 8.47. The Labute approximate surface area is 177 Å². The topological polar surface area (TPSA) is 79.5 Å². The smallest absolute Gasteiger partial charge is 0.314 e. The van der Waals surface area contributed by atoms with Crippen LogP contribution in [0.15, 0.2) is 36.4 Å². The van der Waals surface area contributed by atoms with Crippen molar-refractivity contribution in [2.75, 3.05) is 0 Å². The first-order valence-electron chi connectivity index (χ1n) is 9.74. The van der Waals surface area contributed by atoms with Crippen LogP contribution in [-0.2, 0) is 10.2 Å². The van der Waals surface area contributed by atoms with Crippen LogP contribution in [0.1, 0.15) is 47.8 Å². The molecule has 0 amide bonds. The lowest BCUT2D eigenvalue weighted by Crippen LogP contribution is -2.44. The molecular formula is C23H21ClFNO4. The Morgan fingerprint density at radius 2 is 1.90 bits per heavy atom. The lowest BCUT2D eigenvalue weighted by molar-refractivity contribution is -0.146. The highest BCUT2D eigenvalue weighted by atomic mass is 35.5. The Morgan fingerprint density at radius 1 is 1.20 bits per heavy atom. The number of aromatic nitrogens is 1. The minimum absolute atomic E-state index is 0.0211. The minimum atomic E-state index is -1.22. The van der Waals surface area contributed by atoms with Crippen LogP contribution in [0.2, 0.25) is 5.02 Å². The number of phenolic OH excluding ortho intramolecular Hbond substituents is 1. The maximum absolute atomic E-state index is 14.0. The van der Waals surface area contributed by atoms with E-state index in [2.05, 4.69) is 0 Å². The molecule has 1 aliphatic rings. The summed E-state index contributed by atoms with van der Waals surface area (Å²) in [4.78, 5) is 25.8. The van der Waals surface area contributed by atoms with Gasteiger partial charge in [0.2, 0.25) is 0 Å². The zero-order valence-electron chi connectivity index (χ0n) is 16.6. The van der Waals surface area contributed by atoms with Crippen LogP contribution in [0.25, 0.3) is 10.9 Å². The molecule has 4 rings (SSSR count). The van der Waals surface area contributed by atoms with E-state index in [4.69, 9.17) is 11.6 Å². The molecule has 0 radical (unpaired) electrons. The minimum Gasteiger partial charge on any atom is -0.508 e. The van der Waals surface area contributed by atoms with Gasteiger partial charge in [-0.2, -0.15) is 0 Å². The number of rotatable bonds is 4. The van der Waals surface area contributed by atoms with Gasteiger partial charge < -0.3 is 10.2 Å². The highest BCUT2D eigenvalue weighted by Crippen LogP contribution is 2.48. The summed E-state index contributed by atoms with van der Waals surface area (Å²) in [5, 5.41) is 20.7. The number of nitrogens with zero attached hydrogens (tertiary/aromatic N) is 1. The third-order valence-electron chi connectivity index (χ3n) is 6.44. The fourth-order valence-corrected chi connectivity index (χ4v) is 4.67. The van der Waals surface area contributed by atoms with Crippen LogP contribution >= 0.6 is 11.6 Å². The van der Waals surface area contributed by atoms with Crippen molar-refractivity contribution < 1.29 is 24.2 Å². The Hall–Kier alpha value is -2.86. The van der Waals surface area contributed by atoms with E-state index in [0.29, 0.717) is 22.2 Å². The fourth-order valence-electron chi connectivity index (χ4n) is 4.55. The van der Waals surface area contributed by atoms with Crippen molar-refractivity contribution >= 4 is 34.4 Å². The molecule has 0 bridgehead atoms. The molecule has 0 spiro atoms. The number of fused-ring (bicyclic) bond motifs is 1. The van der Waals surface area contributed by atoms with Gasteiger partial charge in [-0.3, -0.25) is 14.2 Å². The van der Waals surface area contributed by atoms with Gasteiger partial charge in [-0.1, -0.05) is 18.0 Å². The van der Waals surface area contributed by atoms with Gasteiger partial charge in [-0.15, -0.1) is 0 Å². The van der Waals surface area contributed by atoms with E-state index in [1.165, 1.54) is 28.8 Å². The maximum Gasteiger partial charge on any atom is 0.314 e. The highest BCUT2D eigenvalue weighted by molar-refractivity contribution is 6.30. The molecule has 1 aliphatic carbocycles. The zero-order valence-corrected chi connectivity index (χ0v) is 17.3. The number of carbonyl (C=O) groups is 2. The maximum atomic E-state index is 14.0. The number of carboxylic acids is 1. The average molecular weight is 430 g/mol. The summed E-state index contributed by atoms with van der Waals surface area (Å²) in [6.45, 7) is 3.37. The molecule has 0 unspecified atom stereocenters. The van der Waals surface area contributed by atoms with Crippen molar-refractivity contribution in [1.82, 2.24) is 4.57 Å². The molecule has 3 aromatic rings.